The topological polar surface area (TPSA) is 58.6 Å². The molecule has 2 amide bonds. The van der Waals surface area contributed by atoms with Crippen LogP contribution in [0.2, 0.25) is 10.0 Å². The highest BCUT2D eigenvalue weighted by molar-refractivity contribution is 6.30. The van der Waals surface area contributed by atoms with E-state index in [9.17, 15) is 9.59 Å². The molecular formula is C21H22Cl2N2O3. The summed E-state index contributed by atoms with van der Waals surface area (Å²) in [6.07, 6.45) is 0.390. The van der Waals surface area contributed by atoms with E-state index < -0.39 is 5.60 Å². The van der Waals surface area contributed by atoms with Crippen LogP contribution < -0.4 is 15.0 Å². The summed E-state index contributed by atoms with van der Waals surface area (Å²) in [5, 5.41) is 4.14. The van der Waals surface area contributed by atoms with Crippen LogP contribution in [-0.2, 0) is 9.59 Å². The van der Waals surface area contributed by atoms with Gasteiger partial charge in [-0.2, -0.15) is 0 Å². The van der Waals surface area contributed by atoms with E-state index >= 15 is 0 Å². The number of ether oxygens (including phenoxy) is 1. The molecule has 1 unspecified atom stereocenters. The van der Waals surface area contributed by atoms with Gasteiger partial charge >= 0.3 is 0 Å². The van der Waals surface area contributed by atoms with Crippen LogP contribution in [0.4, 0.5) is 5.69 Å². The van der Waals surface area contributed by atoms with Gasteiger partial charge < -0.3 is 15.0 Å². The summed E-state index contributed by atoms with van der Waals surface area (Å²) in [6.45, 7) is 4.37. The van der Waals surface area contributed by atoms with Crippen LogP contribution in [0.15, 0.2) is 48.5 Å². The first-order valence-electron chi connectivity index (χ1n) is 9.03. The zero-order valence-corrected chi connectivity index (χ0v) is 17.3. The lowest BCUT2D eigenvalue weighted by Gasteiger charge is -2.26. The van der Waals surface area contributed by atoms with Gasteiger partial charge in [-0.25, -0.2) is 0 Å². The Morgan fingerprint density at radius 2 is 1.68 bits per heavy atom. The van der Waals surface area contributed by atoms with Crippen LogP contribution in [0.5, 0.6) is 5.75 Å². The first-order chi connectivity index (χ1) is 13.2. The molecule has 0 aliphatic carbocycles. The van der Waals surface area contributed by atoms with Gasteiger partial charge in [0, 0.05) is 41.2 Å². The number of carbonyl (C=O) groups is 2. The largest absolute Gasteiger partial charge is 0.478 e. The number of anilines is 1. The van der Waals surface area contributed by atoms with Gasteiger partial charge in [0.2, 0.25) is 5.91 Å². The molecule has 1 aliphatic rings. The lowest BCUT2D eigenvalue weighted by Crippen LogP contribution is -2.48. The molecule has 2 aromatic carbocycles. The molecule has 148 valence electrons. The summed E-state index contributed by atoms with van der Waals surface area (Å²) in [6, 6.07) is 14.0. The molecule has 0 bridgehead atoms. The third-order valence-electron chi connectivity index (χ3n) is 4.63. The minimum absolute atomic E-state index is 0.0400. The maximum absolute atomic E-state index is 12.6. The van der Waals surface area contributed by atoms with Crippen molar-refractivity contribution in [2.45, 2.75) is 25.9 Å². The molecule has 3 rings (SSSR count). The minimum Gasteiger partial charge on any atom is -0.478 e. The van der Waals surface area contributed by atoms with E-state index in [1.54, 1.807) is 55.1 Å². The summed E-state index contributed by atoms with van der Waals surface area (Å²) in [4.78, 5) is 26.6. The lowest BCUT2D eigenvalue weighted by molar-refractivity contribution is -0.134. The van der Waals surface area contributed by atoms with Crippen molar-refractivity contribution in [3.63, 3.8) is 0 Å². The van der Waals surface area contributed by atoms with Crippen molar-refractivity contribution < 1.29 is 14.3 Å². The Labute approximate surface area is 174 Å². The van der Waals surface area contributed by atoms with E-state index in [-0.39, 0.29) is 17.7 Å². The van der Waals surface area contributed by atoms with Gasteiger partial charge in [-0.05, 0) is 62.4 Å². The average molecular weight is 421 g/mol. The predicted octanol–water partition coefficient (Wildman–Crippen LogP) is 4.32. The Hall–Kier alpha value is -2.24. The molecule has 7 heteroatoms. The number of nitrogens with one attached hydrogen (secondary N) is 1. The molecule has 28 heavy (non-hydrogen) atoms. The van der Waals surface area contributed by atoms with Gasteiger partial charge in [0.05, 0.1) is 0 Å². The predicted molar refractivity (Wildman–Crippen MR) is 111 cm³/mol. The molecule has 1 fully saturated rings. The second-order valence-corrected chi connectivity index (χ2v) is 8.20. The number of rotatable bonds is 6. The van der Waals surface area contributed by atoms with Crippen molar-refractivity contribution in [1.29, 1.82) is 0 Å². The molecular weight excluding hydrogens is 399 g/mol. The third-order valence-corrected chi connectivity index (χ3v) is 5.13. The molecule has 0 aromatic heterocycles. The Morgan fingerprint density at radius 1 is 1.11 bits per heavy atom. The third kappa shape index (κ3) is 4.97. The van der Waals surface area contributed by atoms with E-state index in [0.717, 1.165) is 5.69 Å². The van der Waals surface area contributed by atoms with E-state index in [0.29, 0.717) is 35.3 Å². The van der Waals surface area contributed by atoms with Crippen molar-refractivity contribution in [3.05, 3.63) is 58.6 Å². The maximum atomic E-state index is 12.6. The maximum Gasteiger partial charge on any atom is 0.263 e. The van der Waals surface area contributed by atoms with Crippen LogP contribution in [-0.4, -0.2) is 30.5 Å². The second kappa shape index (κ2) is 8.41. The van der Waals surface area contributed by atoms with Crippen molar-refractivity contribution in [2.24, 2.45) is 5.92 Å². The number of amides is 2. The summed E-state index contributed by atoms with van der Waals surface area (Å²) >= 11 is 11.8. The monoisotopic (exact) mass is 420 g/mol. The van der Waals surface area contributed by atoms with Crippen molar-refractivity contribution in [1.82, 2.24) is 5.32 Å². The molecule has 1 atom stereocenters. The molecule has 0 saturated carbocycles. The summed E-state index contributed by atoms with van der Waals surface area (Å²) in [5.74, 6) is 0.408. The van der Waals surface area contributed by atoms with Crippen molar-refractivity contribution in [2.75, 3.05) is 18.0 Å². The van der Waals surface area contributed by atoms with Gasteiger partial charge in [-0.1, -0.05) is 23.2 Å². The highest BCUT2D eigenvalue weighted by Crippen LogP contribution is 2.26. The SMILES string of the molecule is CC(C)(Oc1ccc(Cl)cc1)C(=O)NCC1CC(=O)N(c2ccc(Cl)cc2)C1. The zero-order chi connectivity index (χ0) is 20.3. The molecule has 1 N–H and O–H groups in total. The van der Waals surface area contributed by atoms with Gasteiger partial charge in [-0.3, -0.25) is 9.59 Å². The molecule has 1 aliphatic heterocycles. The highest BCUT2D eigenvalue weighted by Gasteiger charge is 2.34. The summed E-state index contributed by atoms with van der Waals surface area (Å²) in [5.41, 5.74) is -0.235. The molecule has 1 heterocycles. The van der Waals surface area contributed by atoms with E-state index in [2.05, 4.69) is 5.32 Å². The number of hydrogen-bond donors (Lipinski definition) is 1. The minimum atomic E-state index is -1.05. The van der Waals surface area contributed by atoms with Crippen molar-refractivity contribution >= 4 is 40.7 Å². The fourth-order valence-corrected chi connectivity index (χ4v) is 3.33. The quantitative estimate of drug-likeness (QED) is 0.756. The van der Waals surface area contributed by atoms with E-state index in [4.69, 9.17) is 27.9 Å². The smallest absolute Gasteiger partial charge is 0.263 e. The number of hydrogen-bond acceptors (Lipinski definition) is 3. The normalized spacial score (nSPS) is 16.9. The fourth-order valence-electron chi connectivity index (χ4n) is 3.08. The molecule has 1 saturated heterocycles. The van der Waals surface area contributed by atoms with Gasteiger partial charge in [0.15, 0.2) is 5.60 Å². The van der Waals surface area contributed by atoms with Crippen molar-refractivity contribution in [3.8, 4) is 5.75 Å². The van der Waals surface area contributed by atoms with Crippen LogP contribution in [0.1, 0.15) is 20.3 Å². The van der Waals surface area contributed by atoms with Crippen LogP contribution >= 0.6 is 23.2 Å². The summed E-state index contributed by atoms with van der Waals surface area (Å²) < 4.78 is 5.80. The Balaban J connectivity index is 1.54. The van der Waals surface area contributed by atoms with Crippen LogP contribution in [0, 0.1) is 5.92 Å². The molecule has 0 spiro atoms. The van der Waals surface area contributed by atoms with E-state index in [1.807, 2.05) is 12.1 Å². The standard InChI is InChI=1S/C21H22Cl2N2O3/c1-21(2,28-18-9-5-16(23)6-10-18)20(27)24-12-14-11-19(26)25(13-14)17-7-3-15(22)4-8-17/h3-10,14H,11-13H2,1-2H3,(H,24,27). The molecule has 0 radical (unpaired) electrons. The Morgan fingerprint density at radius 3 is 2.29 bits per heavy atom. The fraction of sp³-hybridized carbons (Fsp3) is 0.333. The summed E-state index contributed by atoms with van der Waals surface area (Å²) in [7, 11) is 0. The number of nitrogens with zero attached hydrogens (tertiary/aromatic N) is 1. The number of benzene rings is 2. The zero-order valence-electron chi connectivity index (χ0n) is 15.7. The first kappa shape index (κ1) is 20.5. The number of carbonyl (C=O) groups excluding carboxylic acids is 2. The first-order valence-corrected chi connectivity index (χ1v) is 9.79. The lowest BCUT2D eigenvalue weighted by atomic mass is 10.1. The van der Waals surface area contributed by atoms with Gasteiger partial charge in [0.25, 0.3) is 5.91 Å². The van der Waals surface area contributed by atoms with Gasteiger partial charge in [0.1, 0.15) is 5.75 Å². The van der Waals surface area contributed by atoms with E-state index in [1.165, 1.54) is 0 Å². The number of halogens is 2. The average Bonchev–Trinajstić information content (AvgIpc) is 3.02. The molecule has 2 aromatic rings. The van der Waals surface area contributed by atoms with Gasteiger partial charge in [-0.15, -0.1) is 0 Å². The van der Waals surface area contributed by atoms with Crippen LogP contribution in [0.3, 0.4) is 0 Å². The molecule has 5 nitrogen and oxygen atoms in total. The highest BCUT2D eigenvalue weighted by atomic mass is 35.5. The Kier molecular flexibility index (Phi) is 6.16. The van der Waals surface area contributed by atoms with Crippen LogP contribution in [0.25, 0.3) is 0 Å². The second-order valence-electron chi connectivity index (χ2n) is 7.33. The Bertz CT molecular complexity index is 851.